The van der Waals surface area contributed by atoms with Gasteiger partial charge in [-0.15, -0.1) is 0 Å². The summed E-state index contributed by atoms with van der Waals surface area (Å²) in [6.07, 6.45) is 1.51. The summed E-state index contributed by atoms with van der Waals surface area (Å²) in [6, 6.07) is 1.54. The average Bonchev–Trinajstić information content (AvgIpc) is 2.96. The molecule has 11 heteroatoms. The third-order valence-corrected chi connectivity index (χ3v) is 7.28. The second-order valence-corrected chi connectivity index (χ2v) is 8.48. The Labute approximate surface area is 182 Å². The van der Waals surface area contributed by atoms with Gasteiger partial charge in [0.15, 0.2) is 11.5 Å². The number of ether oxygens (including phenoxy) is 2. The number of hydrogen-bond donors (Lipinski definition) is 1. The molecule has 8 nitrogen and oxygen atoms in total. The van der Waals surface area contributed by atoms with Crippen LogP contribution in [-0.4, -0.2) is 71.9 Å². The summed E-state index contributed by atoms with van der Waals surface area (Å²) in [4.78, 5) is 40.0. The zero-order chi connectivity index (χ0) is 20.4. The molecule has 0 radical (unpaired) electrons. The highest BCUT2D eigenvalue weighted by atomic mass is 79.9. The summed E-state index contributed by atoms with van der Waals surface area (Å²) in [7, 11) is 1.41. The molecule has 0 unspecified atom stereocenters. The Hall–Kier alpha value is -1.56. The molecular weight excluding hydrogens is 520 g/mol. The van der Waals surface area contributed by atoms with Crippen molar-refractivity contribution in [1.82, 2.24) is 9.80 Å². The summed E-state index contributed by atoms with van der Waals surface area (Å²) < 4.78 is 11.2. The zero-order valence-corrected chi connectivity index (χ0v) is 18.7. The maximum absolute atomic E-state index is 12.7. The summed E-state index contributed by atoms with van der Waals surface area (Å²) in [5.74, 6) is -0.701. The molecule has 150 valence electrons. The number of benzene rings is 1. The first-order chi connectivity index (χ1) is 13.3. The second-order valence-electron chi connectivity index (χ2n) is 5.91. The molecule has 2 fully saturated rings. The lowest BCUT2D eigenvalue weighted by atomic mass is 10.2. The van der Waals surface area contributed by atoms with Gasteiger partial charge in [0.1, 0.15) is 6.54 Å². The first kappa shape index (κ1) is 21.2. The monoisotopic (exact) mass is 534 g/mol. The predicted octanol–water partition coefficient (Wildman–Crippen LogP) is 2.82. The number of carbonyl (C=O) groups is 3. The fourth-order valence-electron chi connectivity index (χ4n) is 2.70. The smallest absolute Gasteiger partial charge is 0.294 e. The average molecular weight is 536 g/mol. The van der Waals surface area contributed by atoms with Gasteiger partial charge < -0.3 is 19.5 Å². The van der Waals surface area contributed by atoms with Gasteiger partial charge in [-0.25, -0.2) is 0 Å². The van der Waals surface area contributed by atoms with E-state index in [1.165, 1.54) is 19.3 Å². The Morgan fingerprint density at radius 1 is 1.32 bits per heavy atom. The number of phenolic OH excluding ortho intramolecular Hbond substituents is 1. The molecule has 2 heterocycles. The van der Waals surface area contributed by atoms with Crippen LogP contribution in [0.5, 0.6) is 11.5 Å². The minimum absolute atomic E-state index is 0.0873. The number of methoxy groups -OCH3 is 1. The Morgan fingerprint density at radius 2 is 2.00 bits per heavy atom. The van der Waals surface area contributed by atoms with E-state index in [1.807, 2.05) is 0 Å². The number of rotatable bonds is 4. The molecule has 0 saturated carbocycles. The van der Waals surface area contributed by atoms with Gasteiger partial charge in [-0.2, -0.15) is 0 Å². The van der Waals surface area contributed by atoms with Crippen molar-refractivity contribution in [3.63, 3.8) is 0 Å². The van der Waals surface area contributed by atoms with Gasteiger partial charge in [0.2, 0.25) is 5.91 Å². The number of aromatic hydroxyl groups is 1. The standard InChI is InChI=1S/C17H16Br2N2O6S/c1-26-10-6-9(13(18)14(19)15(10)23)7-11-16(24)21(17(25)28-11)8-12(22)20-2-4-27-5-3-20/h6-7,23H,2-5,8H2,1H3/b11-7-. The Balaban J connectivity index is 1.81. The molecular formula is C17H16Br2N2O6S. The van der Waals surface area contributed by atoms with Gasteiger partial charge in [-0.1, -0.05) is 0 Å². The van der Waals surface area contributed by atoms with Crippen molar-refractivity contribution in [3.05, 3.63) is 25.5 Å². The lowest BCUT2D eigenvalue weighted by Crippen LogP contribution is -2.46. The molecule has 1 aromatic carbocycles. The molecule has 1 aromatic rings. The van der Waals surface area contributed by atoms with E-state index in [-0.39, 0.29) is 28.9 Å². The van der Waals surface area contributed by atoms with Gasteiger partial charge in [0.05, 0.1) is 29.7 Å². The van der Waals surface area contributed by atoms with E-state index in [0.29, 0.717) is 40.8 Å². The highest BCUT2D eigenvalue weighted by Gasteiger charge is 2.37. The van der Waals surface area contributed by atoms with Crippen molar-refractivity contribution in [2.75, 3.05) is 40.0 Å². The van der Waals surface area contributed by atoms with Crippen LogP contribution in [0.2, 0.25) is 0 Å². The lowest BCUT2D eigenvalue weighted by Gasteiger charge is -2.28. The second kappa shape index (κ2) is 8.85. The topological polar surface area (TPSA) is 96.4 Å². The van der Waals surface area contributed by atoms with E-state index in [4.69, 9.17) is 9.47 Å². The molecule has 0 spiro atoms. The molecule has 0 aliphatic carbocycles. The van der Waals surface area contributed by atoms with Gasteiger partial charge in [0.25, 0.3) is 11.1 Å². The minimum atomic E-state index is -0.535. The van der Waals surface area contributed by atoms with Crippen LogP contribution in [0.4, 0.5) is 4.79 Å². The van der Waals surface area contributed by atoms with E-state index in [0.717, 1.165) is 16.7 Å². The zero-order valence-electron chi connectivity index (χ0n) is 14.7. The summed E-state index contributed by atoms with van der Waals surface area (Å²) >= 11 is 7.36. The van der Waals surface area contributed by atoms with Crippen molar-refractivity contribution in [2.45, 2.75) is 0 Å². The number of nitrogens with zero attached hydrogens (tertiary/aromatic N) is 2. The molecule has 2 aliphatic heterocycles. The van der Waals surface area contributed by atoms with Crippen LogP contribution in [0.15, 0.2) is 19.9 Å². The van der Waals surface area contributed by atoms with Crippen LogP contribution in [0.25, 0.3) is 6.08 Å². The van der Waals surface area contributed by atoms with Crippen molar-refractivity contribution < 1.29 is 29.0 Å². The van der Waals surface area contributed by atoms with Crippen LogP contribution in [0.1, 0.15) is 5.56 Å². The number of amides is 3. The number of imide groups is 1. The van der Waals surface area contributed by atoms with Gasteiger partial charge >= 0.3 is 0 Å². The van der Waals surface area contributed by atoms with Crippen LogP contribution < -0.4 is 4.74 Å². The molecule has 0 atom stereocenters. The summed E-state index contributed by atoms with van der Waals surface area (Å²) in [5.41, 5.74) is 0.534. The fourth-order valence-corrected chi connectivity index (χ4v) is 4.37. The van der Waals surface area contributed by atoms with E-state index in [1.54, 1.807) is 4.90 Å². The van der Waals surface area contributed by atoms with E-state index >= 15 is 0 Å². The molecule has 2 aliphatic rings. The van der Waals surface area contributed by atoms with Crippen molar-refractivity contribution in [3.8, 4) is 11.5 Å². The maximum atomic E-state index is 12.7. The molecule has 3 rings (SSSR count). The maximum Gasteiger partial charge on any atom is 0.294 e. The van der Waals surface area contributed by atoms with Gasteiger partial charge in [-0.3, -0.25) is 19.3 Å². The van der Waals surface area contributed by atoms with E-state index in [2.05, 4.69) is 31.9 Å². The number of phenols is 1. The SMILES string of the molecule is COc1cc(/C=C2\SC(=O)N(CC(=O)N3CCOCC3)C2=O)c(Br)c(Br)c1O. The summed E-state index contributed by atoms with van der Waals surface area (Å²) in [6.45, 7) is 1.47. The molecule has 2 saturated heterocycles. The Morgan fingerprint density at radius 3 is 2.64 bits per heavy atom. The minimum Gasteiger partial charge on any atom is -0.503 e. The van der Waals surface area contributed by atoms with Gasteiger partial charge in [0, 0.05) is 17.6 Å². The quantitative estimate of drug-likeness (QED) is 0.592. The first-order valence-corrected chi connectivity index (χ1v) is 10.6. The molecule has 0 aromatic heterocycles. The lowest BCUT2D eigenvalue weighted by molar-refractivity contribution is -0.139. The normalized spacial score (nSPS) is 18.9. The number of thioether (sulfide) groups is 1. The van der Waals surface area contributed by atoms with Crippen LogP contribution in [-0.2, 0) is 14.3 Å². The molecule has 0 bridgehead atoms. The summed E-state index contributed by atoms with van der Waals surface area (Å²) in [5, 5.41) is 9.51. The molecule has 1 N–H and O–H groups in total. The predicted molar refractivity (Wildman–Crippen MR) is 110 cm³/mol. The largest absolute Gasteiger partial charge is 0.503 e. The fraction of sp³-hybridized carbons (Fsp3) is 0.353. The Kier molecular flexibility index (Phi) is 6.69. The molecule has 28 heavy (non-hydrogen) atoms. The van der Waals surface area contributed by atoms with E-state index < -0.39 is 11.1 Å². The van der Waals surface area contributed by atoms with Crippen molar-refractivity contribution in [1.29, 1.82) is 0 Å². The third kappa shape index (κ3) is 4.22. The van der Waals surface area contributed by atoms with Crippen LogP contribution >= 0.6 is 43.6 Å². The van der Waals surface area contributed by atoms with Gasteiger partial charge in [-0.05, 0) is 61.3 Å². The highest BCUT2D eigenvalue weighted by Crippen LogP contribution is 2.43. The number of carbonyl (C=O) groups excluding carboxylic acids is 3. The Bertz CT molecular complexity index is 870. The van der Waals surface area contributed by atoms with Crippen molar-refractivity contribution >= 4 is 66.8 Å². The van der Waals surface area contributed by atoms with Crippen molar-refractivity contribution in [2.24, 2.45) is 0 Å². The van der Waals surface area contributed by atoms with Crippen LogP contribution in [0.3, 0.4) is 0 Å². The molecule has 3 amide bonds. The highest BCUT2D eigenvalue weighted by molar-refractivity contribution is 9.13. The number of morpholine rings is 1. The first-order valence-electron chi connectivity index (χ1n) is 8.19. The third-order valence-electron chi connectivity index (χ3n) is 4.21. The number of hydrogen-bond acceptors (Lipinski definition) is 7. The number of halogens is 2. The van der Waals surface area contributed by atoms with E-state index in [9.17, 15) is 19.5 Å². The van der Waals surface area contributed by atoms with Crippen LogP contribution in [0, 0.1) is 0 Å².